The molecule has 0 saturated carbocycles. The van der Waals surface area contributed by atoms with E-state index >= 15 is 0 Å². The predicted molar refractivity (Wildman–Crippen MR) is 123 cm³/mol. The van der Waals surface area contributed by atoms with Crippen molar-refractivity contribution in [3.8, 4) is 0 Å². The van der Waals surface area contributed by atoms with Crippen LogP contribution in [0.25, 0.3) is 21.0 Å². The number of nitrogens with zero attached hydrogens (tertiary/aromatic N) is 3. The van der Waals surface area contributed by atoms with Gasteiger partial charge in [0.15, 0.2) is 5.13 Å². The second-order valence-electron chi connectivity index (χ2n) is 7.71. The van der Waals surface area contributed by atoms with Crippen molar-refractivity contribution in [3.05, 3.63) is 71.3 Å². The van der Waals surface area contributed by atoms with Crippen molar-refractivity contribution in [2.24, 2.45) is 0 Å². The van der Waals surface area contributed by atoms with Gasteiger partial charge in [-0.15, -0.1) is 0 Å². The molecule has 1 heterocycles. The van der Waals surface area contributed by atoms with E-state index in [1.165, 1.54) is 5.56 Å². The summed E-state index contributed by atoms with van der Waals surface area (Å²) >= 11 is 1.59. The topological polar surface area (TPSA) is 36.4 Å². The fourth-order valence-corrected chi connectivity index (χ4v) is 4.78. The number of thiazole rings is 1. The van der Waals surface area contributed by atoms with E-state index in [4.69, 9.17) is 4.98 Å². The van der Waals surface area contributed by atoms with Crippen LogP contribution in [-0.2, 0) is 0 Å². The summed E-state index contributed by atoms with van der Waals surface area (Å²) in [4.78, 5) is 22.5. The third-order valence-electron chi connectivity index (χ3n) is 5.09. The first-order valence-electron chi connectivity index (χ1n) is 9.76. The number of rotatable bonds is 5. The molecule has 0 saturated heterocycles. The molecule has 5 heteroatoms. The maximum atomic E-state index is 13.7. The summed E-state index contributed by atoms with van der Waals surface area (Å²) in [5.41, 5.74) is 4.06. The van der Waals surface area contributed by atoms with Crippen molar-refractivity contribution >= 4 is 43.4 Å². The summed E-state index contributed by atoms with van der Waals surface area (Å²) in [5, 5.41) is 2.80. The summed E-state index contributed by atoms with van der Waals surface area (Å²) < 4.78 is 1.12. The number of anilines is 1. The highest BCUT2D eigenvalue weighted by molar-refractivity contribution is 7.22. The van der Waals surface area contributed by atoms with E-state index in [0.29, 0.717) is 12.1 Å². The normalized spacial score (nSPS) is 11.5. The zero-order valence-electron chi connectivity index (χ0n) is 17.3. The number of aromatic nitrogens is 1. The van der Waals surface area contributed by atoms with Gasteiger partial charge in [0.05, 0.1) is 10.2 Å². The lowest BCUT2D eigenvalue weighted by Crippen LogP contribution is -2.36. The van der Waals surface area contributed by atoms with Gasteiger partial charge in [0.2, 0.25) is 0 Å². The van der Waals surface area contributed by atoms with Gasteiger partial charge in [0.1, 0.15) is 0 Å². The Hall–Kier alpha value is -2.76. The molecule has 148 valence electrons. The molecule has 0 N–H and O–H groups in total. The number of hydrogen-bond donors (Lipinski definition) is 0. The Balaban J connectivity index is 1.81. The Morgan fingerprint density at radius 3 is 2.55 bits per heavy atom. The summed E-state index contributed by atoms with van der Waals surface area (Å²) in [7, 11) is 4.04. The molecular weight excluding hydrogens is 378 g/mol. The molecule has 4 nitrogen and oxygen atoms in total. The Morgan fingerprint density at radius 1 is 1.00 bits per heavy atom. The number of fused-ring (bicyclic) bond motifs is 2. The Kier molecular flexibility index (Phi) is 5.35. The van der Waals surface area contributed by atoms with Crippen LogP contribution in [0.4, 0.5) is 5.13 Å². The quantitative estimate of drug-likeness (QED) is 0.455. The molecule has 0 radical (unpaired) electrons. The smallest absolute Gasteiger partial charge is 0.260 e. The van der Waals surface area contributed by atoms with Crippen LogP contribution in [0, 0.1) is 13.8 Å². The highest BCUT2D eigenvalue weighted by Gasteiger charge is 2.23. The van der Waals surface area contributed by atoms with Gasteiger partial charge in [-0.25, -0.2) is 4.98 Å². The SMILES string of the molecule is Cc1cc(C)c2nc(N(CCN(C)C)C(=O)c3cccc4ccccc34)sc2c1. The van der Waals surface area contributed by atoms with E-state index in [-0.39, 0.29) is 5.91 Å². The summed E-state index contributed by atoms with van der Waals surface area (Å²) in [5.74, 6) is -0.00270. The van der Waals surface area contributed by atoms with E-state index in [2.05, 4.69) is 30.9 Å². The Labute approximate surface area is 175 Å². The van der Waals surface area contributed by atoms with Gasteiger partial charge in [-0.2, -0.15) is 0 Å². The van der Waals surface area contributed by atoms with Crippen molar-refractivity contribution in [2.45, 2.75) is 13.8 Å². The molecule has 4 aromatic rings. The molecule has 0 unspecified atom stereocenters. The zero-order chi connectivity index (χ0) is 20.5. The lowest BCUT2D eigenvalue weighted by Gasteiger charge is -2.22. The van der Waals surface area contributed by atoms with Crippen LogP contribution in [0.1, 0.15) is 21.5 Å². The number of carbonyl (C=O) groups excluding carboxylic acids is 1. The third-order valence-corrected chi connectivity index (χ3v) is 6.11. The molecule has 0 aliphatic carbocycles. The molecule has 0 fully saturated rings. The van der Waals surface area contributed by atoms with E-state index < -0.39 is 0 Å². The molecule has 1 aromatic heterocycles. The highest BCUT2D eigenvalue weighted by atomic mass is 32.1. The van der Waals surface area contributed by atoms with E-state index in [1.54, 1.807) is 11.3 Å². The van der Waals surface area contributed by atoms with Crippen LogP contribution in [0.2, 0.25) is 0 Å². The van der Waals surface area contributed by atoms with Gasteiger partial charge < -0.3 is 4.90 Å². The number of carbonyl (C=O) groups is 1. The second-order valence-corrected chi connectivity index (χ2v) is 8.72. The Bertz CT molecular complexity index is 1190. The van der Waals surface area contributed by atoms with Crippen molar-refractivity contribution in [3.63, 3.8) is 0 Å². The first kappa shape index (κ1) is 19.6. The van der Waals surface area contributed by atoms with Crippen molar-refractivity contribution < 1.29 is 4.79 Å². The number of amides is 1. The molecule has 0 atom stereocenters. The van der Waals surface area contributed by atoms with Gasteiger partial charge in [-0.05, 0) is 62.0 Å². The summed E-state index contributed by atoms with van der Waals surface area (Å²) in [6, 6.07) is 18.2. The molecular formula is C24H25N3OS. The van der Waals surface area contributed by atoms with Crippen molar-refractivity contribution in [1.29, 1.82) is 0 Å². The molecule has 3 aromatic carbocycles. The van der Waals surface area contributed by atoms with Crippen LogP contribution in [0.3, 0.4) is 0 Å². The molecule has 0 aliphatic rings. The molecule has 29 heavy (non-hydrogen) atoms. The van der Waals surface area contributed by atoms with Gasteiger partial charge in [-0.1, -0.05) is 53.8 Å². The highest BCUT2D eigenvalue weighted by Crippen LogP contribution is 2.33. The lowest BCUT2D eigenvalue weighted by molar-refractivity contribution is 0.0987. The van der Waals surface area contributed by atoms with E-state index in [0.717, 1.165) is 38.2 Å². The third kappa shape index (κ3) is 3.88. The zero-order valence-corrected chi connectivity index (χ0v) is 18.1. The Morgan fingerprint density at radius 2 is 1.76 bits per heavy atom. The first-order chi connectivity index (χ1) is 13.9. The van der Waals surface area contributed by atoms with Crippen LogP contribution < -0.4 is 4.90 Å². The summed E-state index contributed by atoms with van der Waals surface area (Å²) in [6.07, 6.45) is 0. The second kappa shape index (κ2) is 7.93. The average Bonchev–Trinajstić information content (AvgIpc) is 3.11. The molecule has 0 spiro atoms. The molecule has 0 bridgehead atoms. The van der Waals surface area contributed by atoms with Crippen LogP contribution in [-0.4, -0.2) is 43.0 Å². The minimum Gasteiger partial charge on any atom is -0.308 e. The van der Waals surface area contributed by atoms with Crippen LogP contribution >= 0.6 is 11.3 Å². The van der Waals surface area contributed by atoms with E-state index in [1.807, 2.05) is 61.5 Å². The van der Waals surface area contributed by atoms with Gasteiger partial charge in [0, 0.05) is 18.7 Å². The monoisotopic (exact) mass is 403 g/mol. The largest absolute Gasteiger partial charge is 0.308 e. The van der Waals surface area contributed by atoms with Gasteiger partial charge in [-0.3, -0.25) is 9.69 Å². The lowest BCUT2D eigenvalue weighted by atomic mass is 10.0. The first-order valence-corrected chi connectivity index (χ1v) is 10.6. The number of likely N-dealkylation sites (N-methyl/N-ethyl adjacent to an activating group) is 1. The van der Waals surface area contributed by atoms with E-state index in [9.17, 15) is 4.79 Å². The predicted octanol–water partition coefficient (Wildman–Crippen LogP) is 5.27. The standard InChI is InChI=1S/C24H25N3OS/c1-16-14-17(2)22-21(15-16)29-24(25-22)27(13-12-26(3)4)23(28)20-11-7-9-18-8-5-6-10-19(18)20/h5-11,14-15H,12-13H2,1-4H3. The van der Waals surface area contributed by atoms with Crippen molar-refractivity contribution in [1.82, 2.24) is 9.88 Å². The van der Waals surface area contributed by atoms with Crippen molar-refractivity contribution in [2.75, 3.05) is 32.1 Å². The molecule has 1 amide bonds. The number of hydrogen-bond acceptors (Lipinski definition) is 4. The molecule has 0 aliphatic heterocycles. The maximum absolute atomic E-state index is 13.7. The van der Waals surface area contributed by atoms with Crippen LogP contribution in [0.15, 0.2) is 54.6 Å². The summed E-state index contributed by atoms with van der Waals surface area (Å²) in [6.45, 7) is 5.53. The maximum Gasteiger partial charge on any atom is 0.260 e. The number of aryl methyl sites for hydroxylation is 2. The minimum atomic E-state index is -0.00270. The molecule has 4 rings (SSSR count). The van der Waals surface area contributed by atoms with Gasteiger partial charge >= 0.3 is 0 Å². The average molecular weight is 404 g/mol. The fourth-order valence-electron chi connectivity index (χ4n) is 3.62. The van der Waals surface area contributed by atoms with Gasteiger partial charge in [0.25, 0.3) is 5.91 Å². The van der Waals surface area contributed by atoms with Crippen LogP contribution in [0.5, 0.6) is 0 Å². The fraction of sp³-hybridized carbons (Fsp3) is 0.250. The number of benzene rings is 3. The minimum absolute atomic E-state index is 0.00270.